The third kappa shape index (κ3) is 4.33. The number of aromatic nitrogens is 1. The van der Waals surface area contributed by atoms with Crippen LogP contribution in [0.1, 0.15) is 16.3 Å². The van der Waals surface area contributed by atoms with Crippen molar-refractivity contribution in [3.05, 3.63) is 44.3 Å². The van der Waals surface area contributed by atoms with E-state index in [2.05, 4.69) is 31.0 Å². The Labute approximate surface area is 137 Å². The molecule has 21 heavy (non-hydrogen) atoms. The highest BCUT2D eigenvalue weighted by molar-refractivity contribution is 9.10. The van der Waals surface area contributed by atoms with Crippen molar-refractivity contribution in [2.75, 3.05) is 7.05 Å². The van der Waals surface area contributed by atoms with E-state index in [1.54, 1.807) is 12.1 Å². The summed E-state index contributed by atoms with van der Waals surface area (Å²) in [6, 6.07) is 5.28. The zero-order valence-electron chi connectivity index (χ0n) is 11.7. The van der Waals surface area contributed by atoms with Gasteiger partial charge in [-0.15, -0.1) is 11.3 Å². The minimum Gasteiger partial charge on any atom is -0.316 e. The molecule has 2 rings (SSSR count). The molecule has 0 bridgehead atoms. The van der Waals surface area contributed by atoms with E-state index in [0.717, 1.165) is 16.3 Å². The van der Waals surface area contributed by atoms with Gasteiger partial charge in [0.2, 0.25) is 10.0 Å². The van der Waals surface area contributed by atoms with Crippen LogP contribution < -0.4 is 10.0 Å². The van der Waals surface area contributed by atoms with E-state index < -0.39 is 10.0 Å². The number of hydrogen-bond acceptors (Lipinski definition) is 5. The summed E-state index contributed by atoms with van der Waals surface area (Å²) in [6.07, 6.45) is 0. The van der Waals surface area contributed by atoms with Gasteiger partial charge in [-0.2, -0.15) is 0 Å². The first-order chi connectivity index (χ1) is 9.92. The van der Waals surface area contributed by atoms with Crippen molar-refractivity contribution in [1.29, 1.82) is 0 Å². The molecule has 5 nitrogen and oxygen atoms in total. The maximum absolute atomic E-state index is 12.4. The number of halogens is 1. The SMILES string of the molecule is CNCc1ccc(Br)c(S(=O)(=O)NCc2csc(C)n2)c1. The van der Waals surface area contributed by atoms with Crippen molar-refractivity contribution in [3.8, 4) is 0 Å². The lowest BCUT2D eigenvalue weighted by Crippen LogP contribution is -2.24. The third-order valence-corrected chi connectivity index (χ3v) is 5.99. The summed E-state index contributed by atoms with van der Waals surface area (Å²) < 4.78 is 27.9. The molecule has 0 aliphatic carbocycles. The largest absolute Gasteiger partial charge is 0.316 e. The van der Waals surface area contributed by atoms with Crippen LogP contribution in [0.15, 0.2) is 32.9 Å². The van der Waals surface area contributed by atoms with Gasteiger partial charge < -0.3 is 5.32 Å². The molecular weight excluding hydrogens is 374 g/mol. The molecule has 1 aromatic carbocycles. The van der Waals surface area contributed by atoms with Gasteiger partial charge in [0.15, 0.2) is 0 Å². The summed E-state index contributed by atoms with van der Waals surface area (Å²) in [7, 11) is -1.76. The van der Waals surface area contributed by atoms with Gasteiger partial charge >= 0.3 is 0 Å². The number of sulfonamides is 1. The molecule has 114 valence electrons. The highest BCUT2D eigenvalue weighted by atomic mass is 79.9. The summed E-state index contributed by atoms with van der Waals surface area (Å²) >= 11 is 4.79. The van der Waals surface area contributed by atoms with Gasteiger partial charge in [0.25, 0.3) is 0 Å². The smallest absolute Gasteiger partial charge is 0.242 e. The first kappa shape index (κ1) is 16.6. The monoisotopic (exact) mass is 389 g/mol. The number of thiazole rings is 1. The lowest BCUT2D eigenvalue weighted by atomic mass is 10.2. The molecule has 0 radical (unpaired) electrons. The van der Waals surface area contributed by atoms with Crippen molar-refractivity contribution < 1.29 is 8.42 Å². The van der Waals surface area contributed by atoms with Crippen LogP contribution in [0, 0.1) is 6.92 Å². The van der Waals surface area contributed by atoms with Crippen LogP contribution in [0.3, 0.4) is 0 Å². The minimum atomic E-state index is -3.58. The average Bonchev–Trinajstić information content (AvgIpc) is 2.85. The van der Waals surface area contributed by atoms with E-state index in [9.17, 15) is 8.42 Å². The topological polar surface area (TPSA) is 71.1 Å². The Hall–Kier alpha value is -0.800. The predicted molar refractivity (Wildman–Crippen MR) is 87.8 cm³/mol. The Bertz CT molecular complexity index is 729. The first-order valence-corrected chi connectivity index (χ1v) is 9.41. The van der Waals surface area contributed by atoms with Gasteiger partial charge in [0.05, 0.1) is 22.1 Å². The molecular formula is C13H16BrN3O2S2. The molecule has 0 aliphatic heterocycles. The Kier molecular flexibility index (Phi) is 5.50. The van der Waals surface area contributed by atoms with Gasteiger partial charge in [0.1, 0.15) is 0 Å². The maximum Gasteiger partial charge on any atom is 0.242 e. The second-order valence-corrected chi connectivity index (χ2v) is 8.13. The highest BCUT2D eigenvalue weighted by Gasteiger charge is 2.18. The van der Waals surface area contributed by atoms with E-state index in [-0.39, 0.29) is 11.4 Å². The number of rotatable bonds is 6. The molecule has 2 aromatic rings. The van der Waals surface area contributed by atoms with Crippen molar-refractivity contribution in [2.45, 2.75) is 24.9 Å². The van der Waals surface area contributed by atoms with E-state index in [0.29, 0.717) is 11.0 Å². The number of benzene rings is 1. The Balaban J connectivity index is 2.20. The molecule has 0 fully saturated rings. The van der Waals surface area contributed by atoms with Crippen LogP contribution in [0.2, 0.25) is 0 Å². The molecule has 0 spiro atoms. The van der Waals surface area contributed by atoms with Gasteiger partial charge in [-0.3, -0.25) is 0 Å². The van der Waals surface area contributed by atoms with Crippen LogP contribution in [-0.4, -0.2) is 20.4 Å². The average molecular weight is 390 g/mol. The molecule has 0 saturated carbocycles. The third-order valence-electron chi connectivity index (χ3n) is 2.78. The summed E-state index contributed by atoms with van der Waals surface area (Å²) in [5.41, 5.74) is 1.63. The zero-order valence-corrected chi connectivity index (χ0v) is 14.9. The standard InChI is InChI=1S/C13H16BrN3O2S2/c1-9-17-11(8-20-9)7-16-21(18,19)13-5-10(6-15-2)3-4-12(13)14/h3-5,8,15-16H,6-7H2,1-2H3. The number of hydrogen-bond donors (Lipinski definition) is 2. The molecule has 0 unspecified atom stereocenters. The predicted octanol–water partition coefficient (Wildman–Crippen LogP) is 2.41. The Morgan fingerprint density at radius 2 is 2.10 bits per heavy atom. The number of nitrogens with zero attached hydrogens (tertiary/aromatic N) is 1. The maximum atomic E-state index is 12.4. The van der Waals surface area contributed by atoms with Gasteiger partial charge in [0, 0.05) is 16.4 Å². The molecule has 1 aromatic heterocycles. The van der Waals surface area contributed by atoms with Crippen LogP contribution in [-0.2, 0) is 23.1 Å². The lowest BCUT2D eigenvalue weighted by molar-refractivity contribution is 0.580. The molecule has 2 N–H and O–H groups in total. The second kappa shape index (κ2) is 6.97. The molecule has 0 amide bonds. The van der Waals surface area contributed by atoms with Gasteiger partial charge in [-0.25, -0.2) is 18.1 Å². The van der Waals surface area contributed by atoms with E-state index in [1.807, 2.05) is 25.4 Å². The summed E-state index contributed by atoms with van der Waals surface area (Å²) in [5.74, 6) is 0. The van der Waals surface area contributed by atoms with Gasteiger partial charge in [-0.05, 0) is 47.6 Å². The second-order valence-electron chi connectivity index (χ2n) is 4.48. The Morgan fingerprint density at radius 1 is 1.33 bits per heavy atom. The molecule has 1 heterocycles. The lowest BCUT2D eigenvalue weighted by Gasteiger charge is -2.09. The summed E-state index contributed by atoms with van der Waals surface area (Å²) in [5, 5.41) is 5.77. The van der Waals surface area contributed by atoms with Crippen LogP contribution in [0.4, 0.5) is 0 Å². The van der Waals surface area contributed by atoms with Gasteiger partial charge in [-0.1, -0.05) is 6.07 Å². The fraction of sp³-hybridized carbons (Fsp3) is 0.308. The van der Waals surface area contributed by atoms with E-state index in [4.69, 9.17) is 0 Å². The minimum absolute atomic E-state index is 0.190. The van der Waals surface area contributed by atoms with E-state index >= 15 is 0 Å². The van der Waals surface area contributed by atoms with Crippen molar-refractivity contribution >= 4 is 37.3 Å². The van der Waals surface area contributed by atoms with Crippen molar-refractivity contribution in [3.63, 3.8) is 0 Å². The Morgan fingerprint density at radius 3 is 2.71 bits per heavy atom. The summed E-state index contributed by atoms with van der Waals surface area (Å²) in [6.45, 7) is 2.69. The first-order valence-electron chi connectivity index (χ1n) is 6.26. The highest BCUT2D eigenvalue weighted by Crippen LogP contribution is 2.23. The molecule has 0 atom stereocenters. The number of aryl methyl sites for hydroxylation is 1. The number of nitrogens with one attached hydrogen (secondary N) is 2. The molecule has 0 aliphatic rings. The van der Waals surface area contributed by atoms with E-state index in [1.165, 1.54) is 11.3 Å². The molecule has 8 heteroatoms. The van der Waals surface area contributed by atoms with Crippen LogP contribution >= 0.6 is 27.3 Å². The van der Waals surface area contributed by atoms with Crippen LogP contribution in [0.25, 0.3) is 0 Å². The van der Waals surface area contributed by atoms with Crippen molar-refractivity contribution in [2.24, 2.45) is 0 Å². The normalized spacial score (nSPS) is 11.8. The fourth-order valence-electron chi connectivity index (χ4n) is 1.80. The quantitative estimate of drug-likeness (QED) is 0.795. The zero-order chi connectivity index (χ0) is 15.5. The summed E-state index contributed by atoms with van der Waals surface area (Å²) in [4.78, 5) is 4.48. The molecule has 0 saturated heterocycles. The fourth-order valence-corrected chi connectivity index (χ4v) is 4.43. The van der Waals surface area contributed by atoms with Crippen LogP contribution in [0.5, 0.6) is 0 Å². The van der Waals surface area contributed by atoms with Crippen molar-refractivity contribution in [1.82, 2.24) is 15.0 Å².